The van der Waals surface area contributed by atoms with Gasteiger partial charge in [-0.3, -0.25) is 4.98 Å². The van der Waals surface area contributed by atoms with E-state index in [-0.39, 0.29) is 6.61 Å². The highest BCUT2D eigenvalue weighted by Crippen LogP contribution is 2.24. The van der Waals surface area contributed by atoms with Gasteiger partial charge in [0.2, 0.25) is 0 Å². The van der Waals surface area contributed by atoms with Crippen LogP contribution in [0, 0.1) is 0 Å². The minimum absolute atomic E-state index is 0.0724. The second-order valence-corrected chi connectivity index (χ2v) is 4.27. The second kappa shape index (κ2) is 4.59. The van der Waals surface area contributed by atoms with Crippen LogP contribution < -0.4 is 0 Å². The van der Waals surface area contributed by atoms with Gasteiger partial charge in [0.1, 0.15) is 0 Å². The van der Waals surface area contributed by atoms with E-state index in [2.05, 4.69) is 29.2 Å². The molecule has 18 heavy (non-hydrogen) atoms. The van der Waals surface area contributed by atoms with Gasteiger partial charge >= 0.3 is 0 Å². The topological polar surface area (TPSA) is 33.1 Å². The average Bonchev–Trinajstić information content (AvgIpc) is 2.47. The Hall–Kier alpha value is -2.19. The fraction of sp³-hybridized carbons (Fsp3) is 0.0625. The lowest BCUT2D eigenvalue weighted by molar-refractivity contribution is 0.282. The lowest BCUT2D eigenvalue weighted by Gasteiger charge is -2.05. The fourth-order valence-electron chi connectivity index (χ4n) is 2.10. The van der Waals surface area contributed by atoms with Crippen molar-refractivity contribution in [1.29, 1.82) is 0 Å². The molecule has 0 aliphatic heterocycles. The summed E-state index contributed by atoms with van der Waals surface area (Å²) in [7, 11) is 0. The zero-order valence-electron chi connectivity index (χ0n) is 9.88. The molecule has 0 spiro atoms. The van der Waals surface area contributed by atoms with Gasteiger partial charge in [0.25, 0.3) is 0 Å². The van der Waals surface area contributed by atoms with Crippen molar-refractivity contribution in [1.82, 2.24) is 4.98 Å². The van der Waals surface area contributed by atoms with Crippen molar-refractivity contribution in [2.75, 3.05) is 0 Å². The van der Waals surface area contributed by atoms with Crippen molar-refractivity contribution in [3.05, 3.63) is 66.4 Å². The summed E-state index contributed by atoms with van der Waals surface area (Å²) < 4.78 is 0. The minimum Gasteiger partial charge on any atom is -0.392 e. The minimum atomic E-state index is 0.0724. The van der Waals surface area contributed by atoms with Crippen LogP contribution in [0.5, 0.6) is 0 Å². The summed E-state index contributed by atoms with van der Waals surface area (Å²) in [6, 6.07) is 18.2. The number of aliphatic hydroxyl groups excluding tert-OH is 1. The molecule has 0 saturated heterocycles. The van der Waals surface area contributed by atoms with Crippen LogP contribution in [-0.4, -0.2) is 10.1 Å². The van der Waals surface area contributed by atoms with Gasteiger partial charge in [-0.1, -0.05) is 30.3 Å². The first-order valence-electron chi connectivity index (χ1n) is 5.92. The van der Waals surface area contributed by atoms with Crippen molar-refractivity contribution in [3.8, 4) is 11.1 Å². The lowest BCUT2D eigenvalue weighted by atomic mass is 10.0. The maximum atomic E-state index is 9.17. The molecule has 0 aliphatic rings. The molecule has 2 heteroatoms. The highest BCUT2D eigenvalue weighted by atomic mass is 16.3. The first-order chi connectivity index (χ1) is 8.86. The summed E-state index contributed by atoms with van der Waals surface area (Å²) in [5.74, 6) is 0. The molecule has 2 aromatic carbocycles. The zero-order valence-corrected chi connectivity index (χ0v) is 9.88. The number of aromatic nitrogens is 1. The number of hydrogen-bond donors (Lipinski definition) is 1. The largest absolute Gasteiger partial charge is 0.392 e. The van der Waals surface area contributed by atoms with Gasteiger partial charge in [0.15, 0.2) is 0 Å². The van der Waals surface area contributed by atoms with Gasteiger partial charge in [-0.2, -0.15) is 0 Å². The molecule has 3 rings (SSSR count). The summed E-state index contributed by atoms with van der Waals surface area (Å²) in [5, 5.41) is 10.3. The van der Waals surface area contributed by atoms with Gasteiger partial charge < -0.3 is 5.11 Å². The first kappa shape index (κ1) is 10.9. The molecule has 0 amide bonds. The van der Waals surface area contributed by atoms with Gasteiger partial charge in [0.05, 0.1) is 12.1 Å². The molecular weight excluding hydrogens is 222 g/mol. The third-order valence-electron chi connectivity index (χ3n) is 3.05. The summed E-state index contributed by atoms with van der Waals surface area (Å²) in [6.45, 7) is 0.0724. The number of rotatable bonds is 2. The Morgan fingerprint density at radius 3 is 2.67 bits per heavy atom. The van der Waals surface area contributed by atoms with E-state index in [9.17, 15) is 5.11 Å². The number of benzene rings is 2. The predicted molar refractivity (Wildman–Crippen MR) is 73.1 cm³/mol. The molecule has 88 valence electrons. The van der Waals surface area contributed by atoms with E-state index < -0.39 is 0 Å². The third-order valence-corrected chi connectivity index (χ3v) is 3.05. The Morgan fingerprint density at radius 1 is 0.889 bits per heavy atom. The van der Waals surface area contributed by atoms with Gasteiger partial charge in [-0.15, -0.1) is 0 Å². The first-order valence-corrected chi connectivity index (χ1v) is 5.92. The quantitative estimate of drug-likeness (QED) is 0.738. The predicted octanol–water partition coefficient (Wildman–Crippen LogP) is 3.39. The monoisotopic (exact) mass is 235 g/mol. The molecule has 0 saturated carbocycles. The molecule has 1 heterocycles. The van der Waals surface area contributed by atoms with Crippen molar-refractivity contribution in [3.63, 3.8) is 0 Å². The standard InChI is InChI=1S/C16H13NO/c18-11-12-3-1-4-13(9-12)14-6-7-16-15(10-14)5-2-8-17-16/h1-10,18H,11H2. The fourth-order valence-corrected chi connectivity index (χ4v) is 2.10. The lowest BCUT2D eigenvalue weighted by Crippen LogP contribution is -1.85. The molecule has 0 bridgehead atoms. The zero-order chi connectivity index (χ0) is 12.4. The van der Waals surface area contributed by atoms with Gasteiger partial charge in [-0.05, 0) is 41.0 Å². The van der Waals surface area contributed by atoms with E-state index in [1.54, 1.807) is 6.20 Å². The van der Waals surface area contributed by atoms with Crippen LogP contribution in [0.15, 0.2) is 60.8 Å². The van der Waals surface area contributed by atoms with Crippen LogP contribution in [0.1, 0.15) is 5.56 Å². The molecular formula is C16H13NO. The van der Waals surface area contributed by atoms with Crippen molar-refractivity contribution in [2.45, 2.75) is 6.61 Å². The Labute approximate surface area is 106 Å². The number of hydrogen-bond acceptors (Lipinski definition) is 2. The maximum absolute atomic E-state index is 9.17. The van der Waals surface area contributed by atoms with E-state index in [1.165, 1.54) is 0 Å². The smallest absolute Gasteiger partial charge is 0.0702 e. The molecule has 0 fully saturated rings. The van der Waals surface area contributed by atoms with Gasteiger partial charge in [0, 0.05) is 11.6 Å². The van der Waals surface area contributed by atoms with Crippen LogP contribution in [0.4, 0.5) is 0 Å². The van der Waals surface area contributed by atoms with E-state index >= 15 is 0 Å². The summed E-state index contributed by atoms with van der Waals surface area (Å²) in [4.78, 5) is 4.31. The van der Waals surface area contributed by atoms with E-state index in [1.807, 2.05) is 30.3 Å². The molecule has 3 aromatic rings. The average molecular weight is 235 g/mol. The molecule has 1 N–H and O–H groups in total. The Balaban J connectivity index is 2.13. The van der Waals surface area contributed by atoms with Crippen LogP contribution in [0.2, 0.25) is 0 Å². The van der Waals surface area contributed by atoms with Crippen LogP contribution in [0.3, 0.4) is 0 Å². The maximum Gasteiger partial charge on any atom is 0.0702 e. The van der Waals surface area contributed by atoms with Crippen LogP contribution in [0.25, 0.3) is 22.0 Å². The highest BCUT2D eigenvalue weighted by molar-refractivity contribution is 5.84. The molecule has 2 nitrogen and oxygen atoms in total. The Morgan fingerprint density at radius 2 is 1.78 bits per heavy atom. The SMILES string of the molecule is OCc1cccc(-c2ccc3ncccc3c2)c1. The van der Waals surface area contributed by atoms with Crippen molar-refractivity contribution < 1.29 is 5.11 Å². The summed E-state index contributed by atoms with van der Waals surface area (Å²) in [6.07, 6.45) is 1.80. The van der Waals surface area contributed by atoms with E-state index in [0.717, 1.165) is 27.6 Å². The number of nitrogens with zero attached hydrogens (tertiary/aromatic N) is 1. The van der Waals surface area contributed by atoms with Crippen molar-refractivity contribution >= 4 is 10.9 Å². The summed E-state index contributed by atoms with van der Waals surface area (Å²) >= 11 is 0. The Kier molecular flexibility index (Phi) is 2.79. The van der Waals surface area contributed by atoms with Crippen LogP contribution >= 0.6 is 0 Å². The number of pyridine rings is 1. The molecule has 0 atom stereocenters. The Bertz CT molecular complexity index is 691. The molecule has 1 aromatic heterocycles. The normalized spacial score (nSPS) is 10.7. The number of fused-ring (bicyclic) bond motifs is 1. The summed E-state index contributed by atoms with van der Waals surface area (Å²) in [5.41, 5.74) is 4.19. The van der Waals surface area contributed by atoms with Gasteiger partial charge in [-0.25, -0.2) is 0 Å². The number of aliphatic hydroxyl groups is 1. The third kappa shape index (κ3) is 1.98. The van der Waals surface area contributed by atoms with Crippen LogP contribution in [-0.2, 0) is 6.61 Å². The molecule has 0 radical (unpaired) electrons. The highest BCUT2D eigenvalue weighted by Gasteiger charge is 2.01. The molecule has 0 aliphatic carbocycles. The molecule has 0 unspecified atom stereocenters. The second-order valence-electron chi connectivity index (χ2n) is 4.27. The van der Waals surface area contributed by atoms with E-state index in [4.69, 9.17) is 0 Å². The van der Waals surface area contributed by atoms with E-state index in [0.29, 0.717) is 0 Å². The van der Waals surface area contributed by atoms with Crippen molar-refractivity contribution in [2.24, 2.45) is 0 Å².